The standard InChI is InChI=1S/C25H16Cl2N2O3S/c1-13-5-7-14(8-6-13)22(30)20-21(15-3-2-4-16(26)11-15)29(24(32)23(20)31)25-28-18-10-9-17(27)12-19(18)33-25/h2-12,21,30H,1H3/b22-20+. The highest BCUT2D eigenvalue weighted by Gasteiger charge is 2.48. The number of hydrogen-bond acceptors (Lipinski definition) is 5. The molecule has 164 valence electrons. The van der Waals surface area contributed by atoms with Gasteiger partial charge < -0.3 is 5.11 Å². The Morgan fingerprint density at radius 3 is 2.45 bits per heavy atom. The molecule has 0 spiro atoms. The van der Waals surface area contributed by atoms with Crippen molar-refractivity contribution in [2.24, 2.45) is 0 Å². The highest BCUT2D eigenvalue weighted by Crippen LogP contribution is 2.44. The van der Waals surface area contributed by atoms with E-state index >= 15 is 0 Å². The van der Waals surface area contributed by atoms with Crippen LogP contribution in [-0.2, 0) is 9.59 Å². The average Bonchev–Trinajstić information content (AvgIpc) is 3.32. The number of aliphatic hydroxyl groups excluding tert-OH is 1. The van der Waals surface area contributed by atoms with Crippen LogP contribution in [0, 0.1) is 6.92 Å². The molecule has 1 fully saturated rings. The summed E-state index contributed by atoms with van der Waals surface area (Å²) in [6.45, 7) is 1.92. The minimum atomic E-state index is -0.888. The van der Waals surface area contributed by atoms with Gasteiger partial charge in [0.05, 0.1) is 21.8 Å². The van der Waals surface area contributed by atoms with Gasteiger partial charge in [-0.15, -0.1) is 0 Å². The van der Waals surface area contributed by atoms with Gasteiger partial charge in [-0.25, -0.2) is 4.98 Å². The van der Waals surface area contributed by atoms with Gasteiger partial charge in [0, 0.05) is 15.6 Å². The van der Waals surface area contributed by atoms with Crippen molar-refractivity contribution >= 4 is 67.3 Å². The largest absolute Gasteiger partial charge is 0.507 e. The number of aromatic nitrogens is 1. The third kappa shape index (κ3) is 3.80. The number of halogens is 2. The number of fused-ring (bicyclic) bond motifs is 1. The van der Waals surface area contributed by atoms with Crippen molar-refractivity contribution in [3.63, 3.8) is 0 Å². The zero-order chi connectivity index (χ0) is 23.3. The molecule has 1 amide bonds. The molecule has 5 rings (SSSR count). The number of carbonyl (C=O) groups excluding carboxylic acids is 2. The first-order valence-electron chi connectivity index (χ1n) is 10.0. The Kier molecular flexibility index (Phi) is 5.44. The van der Waals surface area contributed by atoms with Crippen LogP contribution in [0.5, 0.6) is 0 Å². The molecule has 0 aliphatic carbocycles. The molecule has 1 aromatic heterocycles. The molecule has 1 N–H and O–H groups in total. The minimum Gasteiger partial charge on any atom is -0.507 e. The summed E-state index contributed by atoms with van der Waals surface area (Å²) in [6, 6.07) is 18.3. The maximum Gasteiger partial charge on any atom is 0.301 e. The molecular weight excluding hydrogens is 479 g/mol. The first kappa shape index (κ1) is 21.6. The summed E-state index contributed by atoms with van der Waals surface area (Å²) >= 11 is 13.6. The van der Waals surface area contributed by atoms with Crippen molar-refractivity contribution in [1.82, 2.24) is 4.98 Å². The topological polar surface area (TPSA) is 70.5 Å². The van der Waals surface area contributed by atoms with Crippen LogP contribution in [0.2, 0.25) is 10.0 Å². The summed E-state index contributed by atoms with van der Waals surface area (Å²) in [6.07, 6.45) is 0. The van der Waals surface area contributed by atoms with E-state index in [0.29, 0.717) is 31.8 Å². The maximum absolute atomic E-state index is 13.3. The summed E-state index contributed by atoms with van der Waals surface area (Å²) in [5, 5.41) is 12.5. The van der Waals surface area contributed by atoms with Gasteiger partial charge in [0.15, 0.2) is 5.13 Å². The monoisotopic (exact) mass is 494 g/mol. The normalized spacial score (nSPS) is 17.8. The molecule has 5 nitrogen and oxygen atoms in total. The van der Waals surface area contributed by atoms with E-state index in [9.17, 15) is 14.7 Å². The Morgan fingerprint density at radius 1 is 1.00 bits per heavy atom. The minimum absolute atomic E-state index is 0.0107. The lowest BCUT2D eigenvalue weighted by Gasteiger charge is -2.23. The molecule has 1 saturated heterocycles. The Labute approximate surface area is 203 Å². The lowest BCUT2D eigenvalue weighted by molar-refractivity contribution is -0.132. The van der Waals surface area contributed by atoms with Crippen LogP contribution in [0.25, 0.3) is 16.0 Å². The quantitative estimate of drug-likeness (QED) is 0.199. The Bertz CT molecular complexity index is 1460. The summed E-state index contributed by atoms with van der Waals surface area (Å²) in [5.74, 6) is -1.79. The fourth-order valence-corrected chi connectivity index (χ4v) is 5.35. The van der Waals surface area contributed by atoms with Crippen LogP contribution in [0.1, 0.15) is 22.7 Å². The number of aryl methyl sites for hydroxylation is 1. The second-order valence-electron chi connectivity index (χ2n) is 7.70. The van der Waals surface area contributed by atoms with E-state index in [-0.39, 0.29) is 11.3 Å². The second-order valence-corrected chi connectivity index (χ2v) is 9.58. The van der Waals surface area contributed by atoms with E-state index in [4.69, 9.17) is 23.2 Å². The highest BCUT2D eigenvalue weighted by atomic mass is 35.5. The fourth-order valence-electron chi connectivity index (χ4n) is 3.88. The van der Waals surface area contributed by atoms with Gasteiger partial charge in [-0.3, -0.25) is 14.5 Å². The van der Waals surface area contributed by atoms with Crippen LogP contribution in [0.15, 0.2) is 72.3 Å². The molecular formula is C25H16Cl2N2O3S. The first-order chi connectivity index (χ1) is 15.8. The fraction of sp³-hybridized carbons (Fsp3) is 0.0800. The van der Waals surface area contributed by atoms with E-state index in [1.54, 1.807) is 54.6 Å². The lowest BCUT2D eigenvalue weighted by atomic mass is 9.95. The summed E-state index contributed by atoms with van der Waals surface area (Å²) in [5.41, 5.74) is 2.69. The van der Waals surface area contributed by atoms with E-state index in [2.05, 4.69) is 4.98 Å². The van der Waals surface area contributed by atoms with E-state index in [0.717, 1.165) is 10.3 Å². The predicted octanol–water partition coefficient (Wildman–Crippen LogP) is 6.54. The highest BCUT2D eigenvalue weighted by molar-refractivity contribution is 7.22. The van der Waals surface area contributed by atoms with Crippen LogP contribution in [0.4, 0.5) is 5.13 Å². The van der Waals surface area contributed by atoms with Gasteiger partial charge in [-0.1, -0.05) is 76.5 Å². The number of ketones is 1. The smallest absolute Gasteiger partial charge is 0.301 e. The zero-order valence-electron chi connectivity index (χ0n) is 17.3. The van der Waals surface area contributed by atoms with Crippen molar-refractivity contribution in [2.45, 2.75) is 13.0 Å². The predicted molar refractivity (Wildman–Crippen MR) is 132 cm³/mol. The number of nitrogens with zero attached hydrogens (tertiary/aromatic N) is 2. The lowest BCUT2D eigenvalue weighted by Crippen LogP contribution is -2.29. The molecule has 4 aromatic rings. The Hall–Kier alpha value is -3.19. The Balaban J connectivity index is 1.74. The van der Waals surface area contributed by atoms with Gasteiger partial charge in [-0.05, 0) is 42.8 Å². The summed E-state index contributed by atoms with van der Waals surface area (Å²) < 4.78 is 0.780. The van der Waals surface area contributed by atoms with Crippen LogP contribution < -0.4 is 4.90 Å². The van der Waals surface area contributed by atoms with Crippen molar-refractivity contribution in [3.8, 4) is 0 Å². The molecule has 1 atom stereocenters. The van der Waals surface area contributed by atoms with Crippen molar-refractivity contribution in [1.29, 1.82) is 0 Å². The Morgan fingerprint density at radius 2 is 1.73 bits per heavy atom. The number of rotatable bonds is 3. The third-order valence-electron chi connectivity index (χ3n) is 5.48. The SMILES string of the molecule is Cc1ccc(/C(O)=C2\C(=O)C(=O)N(c3nc4ccc(Cl)cc4s3)C2c2cccc(Cl)c2)cc1. The number of anilines is 1. The van der Waals surface area contributed by atoms with Gasteiger partial charge in [0.2, 0.25) is 0 Å². The molecule has 0 radical (unpaired) electrons. The number of carbonyl (C=O) groups is 2. The van der Waals surface area contributed by atoms with Crippen molar-refractivity contribution in [3.05, 3.63) is 99.0 Å². The molecule has 2 heterocycles. The van der Waals surface area contributed by atoms with Gasteiger partial charge in [-0.2, -0.15) is 0 Å². The summed E-state index contributed by atoms with van der Waals surface area (Å²) in [4.78, 5) is 32.4. The van der Waals surface area contributed by atoms with Crippen molar-refractivity contribution < 1.29 is 14.7 Å². The van der Waals surface area contributed by atoms with Crippen LogP contribution in [-0.4, -0.2) is 21.8 Å². The van der Waals surface area contributed by atoms with E-state index in [1.807, 2.05) is 19.1 Å². The molecule has 0 bridgehead atoms. The number of amides is 1. The average molecular weight is 495 g/mol. The third-order valence-corrected chi connectivity index (χ3v) is 6.97. The zero-order valence-corrected chi connectivity index (χ0v) is 19.6. The van der Waals surface area contributed by atoms with Crippen LogP contribution >= 0.6 is 34.5 Å². The molecule has 8 heteroatoms. The van der Waals surface area contributed by atoms with E-state index in [1.165, 1.54) is 16.2 Å². The van der Waals surface area contributed by atoms with Gasteiger partial charge in [0.25, 0.3) is 5.78 Å². The molecule has 3 aromatic carbocycles. The number of Topliss-reactive ketones (excluding diaryl/α,β-unsaturated/α-hetero) is 1. The molecule has 0 saturated carbocycles. The summed E-state index contributed by atoms with van der Waals surface area (Å²) in [7, 11) is 0. The van der Waals surface area contributed by atoms with Gasteiger partial charge in [0.1, 0.15) is 5.76 Å². The maximum atomic E-state index is 13.3. The van der Waals surface area contributed by atoms with Crippen molar-refractivity contribution in [2.75, 3.05) is 4.90 Å². The van der Waals surface area contributed by atoms with Crippen LogP contribution in [0.3, 0.4) is 0 Å². The first-order valence-corrected chi connectivity index (χ1v) is 11.6. The second kappa shape index (κ2) is 8.30. The number of aliphatic hydroxyl groups is 1. The molecule has 1 aliphatic heterocycles. The van der Waals surface area contributed by atoms with E-state index < -0.39 is 17.7 Å². The van der Waals surface area contributed by atoms with Gasteiger partial charge >= 0.3 is 5.91 Å². The molecule has 1 aliphatic rings. The number of benzene rings is 3. The number of hydrogen-bond donors (Lipinski definition) is 1. The number of thiazole rings is 1. The molecule has 33 heavy (non-hydrogen) atoms. The molecule has 1 unspecified atom stereocenters.